The van der Waals surface area contributed by atoms with E-state index in [1.165, 1.54) is 81.4 Å². The van der Waals surface area contributed by atoms with Crippen molar-refractivity contribution in [3.05, 3.63) is 156 Å². The quantitative estimate of drug-likeness (QED) is 0.211. The van der Waals surface area contributed by atoms with Crippen molar-refractivity contribution in [3.8, 4) is 33.4 Å². The van der Waals surface area contributed by atoms with E-state index in [0.29, 0.717) is 0 Å². The van der Waals surface area contributed by atoms with Gasteiger partial charge in [0.15, 0.2) is 0 Å². The second kappa shape index (κ2) is 8.46. The van der Waals surface area contributed by atoms with Gasteiger partial charge >= 0.3 is 0 Å². The van der Waals surface area contributed by atoms with E-state index in [2.05, 4.69) is 146 Å². The molecule has 0 spiro atoms. The molecule has 1 heterocycles. The van der Waals surface area contributed by atoms with Crippen LogP contribution in [0.1, 0.15) is 23.6 Å². The molecule has 0 bridgehead atoms. The molecular formula is C40H26S. The third-order valence-corrected chi connectivity index (χ3v) is 10.5. The van der Waals surface area contributed by atoms with Gasteiger partial charge in [0, 0.05) is 20.6 Å². The van der Waals surface area contributed by atoms with E-state index >= 15 is 0 Å². The molecule has 0 radical (unpaired) electrons. The molecule has 7 aromatic rings. The molecular weight excluding hydrogens is 513 g/mol. The number of hydrogen-bond acceptors (Lipinski definition) is 1. The van der Waals surface area contributed by atoms with E-state index < -0.39 is 0 Å². The molecule has 9 rings (SSSR count). The number of benzene rings is 7. The fourth-order valence-electron chi connectivity index (χ4n) is 7.36. The first kappa shape index (κ1) is 23.1. The largest absolute Gasteiger partial charge is 0.0888 e. The van der Waals surface area contributed by atoms with Crippen molar-refractivity contribution in [1.82, 2.24) is 0 Å². The normalized spacial score (nSPS) is 16.4. The van der Waals surface area contributed by atoms with Gasteiger partial charge in [0.1, 0.15) is 0 Å². The Kier molecular flexibility index (Phi) is 4.77. The van der Waals surface area contributed by atoms with Crippen LogP contribution >= 0.6 is 11.8 Å². The summed E-state index contributed by atoms with van der Waals surface area (Å²) in [5.74, 6) is 0. The Bertz CT molecular complexity index is 2180. The van der Waals surface area contributed by atoms with Gasteiger partial charge in [0.25, 0.3) is 0 Å². The van der Waals surface area contributed by atoms with E-state index in [9.17, 15) is 0 Å². The van der Waals surface area contributed by atoms with Crippen LogP contribution in [0, 0.1) is 0 Å². The average Bonchev–Trinajstić information content (AvgIpc) is 3.30. The van der Waals surface area contributed by atoms with Gasteiger partial charge in [-0.05, 0) is 97.4 Å². The molecule has 0 aromatic heterocycles. The summed E-state index contributed by atoms with van der Waals surface area (Å²) in [6.07, 6.45) is 0. The summed E-state index contributed by atoms with van der Waals surface area (Å²) in [6, 6.07) is 52.0. The van der Waals surface area contributed by atoms with E-state index in [1.54, 1.807) is 0 Å². The minimum atomic E-state index is -0.253. The van der Waals surface area contributed by atoms with E-state index in [-0.39, 0.29) is 5.41 Å². The van der Waals surface area contributed by atoms with Crippen LogP contribution in [0.25, 0.3) is 54.9 Å². The molecule has 0 amide bonds. The molecule has 1 aliphatic carbocycles. The summed E-state index contributed by atoms with van der Waals surface area (Å²) >= 11 is 1.89. The van der Waals surface area contributed by atoms with Crippen LogP contribution < -0.4 is 0 Å². The third kappa shape index (κ3) is 3.18. The molecule has 1 heteroatoms. The molecule has 41 heavy (non-hydrogen) atoms. The van der Waals surface area contributed by atoms with Crippen molar-refractivity contribution in [2.45, 2.75) is 22.1 Å². The third-order valence-electron chi connectivity index (χ3n) is 9.32. The molecule has 192 valence electrons. The lowest BCUT2D eigenvalue weighted by atomic mass is 9.72. The lowest BCUT2D eigenvalue weighted by Crippen LogP contribution is -2.22. The molecule has 0 saturated carbocycles. The zero-order valence-electron chi connectivity index (χ0n) is 22.7. The first-order valence-electron chi connectivity index (χ1n) is 14.3. The molecule has 1 unspecified atom stereocenters. The van der Waals surface area contributed by atoms with Crippen molar-refractivity contribution >= 4 is 33.3 Å². The van der Waals surface area contributed by atoms with E-state index in [4.69, 9.17) is 0 Å². The van der Waals surface area contributed by atoms with Crippen LogP contribution in [0.3, 0.4) is 0 Å². The van der Waals surface area contributed by atoms with E-state index in [0.717, 1.165) is 0 Å². The predicted octanol–water partition coefficient (Wildman–Crippen LogP) is 11.1. The Morgan fingerprint density at radius 3 is 2.12 bits per heavy atom. The molecule has 7 aromatic carbocycles. The maximum atomic E-state index is 2.46. The highest BCUT2D eigenvalue weighted by Gasteiger charge is 2.42. The Morgan fingerprint density at radius 1 is 0.488 bits per heavy atom. The molecule has 0 N–H and O–H groups in total. The maximum Gasteiger partial charge on any atom is 0.0441 e. The van der Waals surface area contributed by atoms with Crippen LogP contribution in [0.4, 0.5) is 0 Å². The Morgan fingerprint density at radius 2 is 1.22 bits per heavy atom. The summed E-state index contributed by atoms with van der Waals surface area (Å²) < 4.78 is 0. The first-order chi connectivity index (χ1) is 20.2. The molecule has 0 saturated heterocycles. The van der Waals surface area contributed by atoms with Crippen LogP contribution in [0.2, 0.25) is 0 Å². The molecule has 1 aliphatic heterocycles. The minimum absolute atomic E-state index is 0.253. The average molecular weight is 539 g/mol. The number of hydrogen-bond donors (Lipinski definition) is 0. The zero-order valence-corrected chi connectivity index (χ0v) is 23.5. The van der Waals surface area contributed by atoms with Gasteiger partial charge < -0.3 is 0 Å². The van der Waals surface area contributed by atoms with Crippen LogP contribution in [0.15, 0.2) is 149 Å². The topological polar surface area (TPSA) is 0 Å². The highest BCUT2D eigenvalue weighted by Crippen LogP contribution is 2.56. The van der Waals surface area contributed by atoms with Gasteiger partial charge in [-0.25, -0.2) is 0 Å². The van der Waals surface area contributed by atoms with E-state index in [1.807, 2.05) is 11.8 Å². The summed E-state index contributed by atoms with van der Waals surface area (Å²) in [7, 11) is 0. The van der Waals surface area contributed by atoms with Gasteiger partial charge in [-0.2, -0.15) is 0 Å². The van der Waals surface area contributed by atoms with Crippen LogP contribution in [0.5, 0.6) is 0 Å². The van der Waals surface area contributed by atoms with Gasteiger partial charge in [-0.1, -0.05) is 127 Å². The van der Waals surface area contributed by atoms with Crippen molar-refractivity contribution in [2.24, 2.45) is 0 Å². The van der Waals surface area contributed by atoms with Crippen molar-refractivity contribution in [1.29, 1.82) is 0 Å². The fraction of sp³-hybridized carbons (Fsp3) is 0.0500. The summed E-state index contributed by atoms with van der Waals surface area (Å²) in [6.45, 7) is 2.42. The standard InChI is InChI=1S/C40H26S/c1-40(29-12-3-2-4-13-29)35-24-28(18-20-31(35)33-21-17-25-9-5-6-14-30(25)39(33)40)27-19-22-36-34(23-27)32-15-7-10-26-11-8-16-37(41-36)38(26)32/h2-24H,1H3. The Hall–Kier alpha value is -4.59. The lowest BCUT2D eigenvalue weighted by molar-refractivity contribution is 0.720. The maximum absolute atomic E-state index is 2.46. The van der Waals surface area contributed by atoms with Crippen LogP contribution in [-0.4, -0.2) is 0 Å². The smallest absolute Gasteiger partial charge is 0.0441 e. The van der Waals surface area contributed by atoms with Crippen molar-refractivity contribution in [3.63, 3.8) is 0 Å². The minimum Gasteiger partial charge on any atom is -0.0888 e. The van der Waals surface area contributed by atoms with Gasteiger partial charge in [0.2, 0.25) is 0 Å². The summed E-state index contributed by atoms with van der Waals surface area (Å²) in [4.78, 5) is 2.67. The second-order valence-electron chi connectivity index (χ2n) is 11.4. The van der Waals surface area contributed by atoms with Crippen molar-refractivity contribution in [2.75, 3.05) is 0 Å². The van der Waals surface area contributed by atoms with Crippen molar-refractivity contribution < 1.29 is 0 Å². The molecule has 2 aliphatic rings. The van der Waals surface area contributed by atoms with Gasteiger partial charge in [0.05, 0.1) is 0 Å². The first-order valence-corrected chi connectivity index (χ1v) is 15.1. The number of rotatable bonds is 2. The highest BCUT2D eigenvalue weighted by atomic mass is 32.2. The fourth-order valence-corrected chi connectivity index (χ4v) is 8.48. The molecule has 0 nitrogen and oxygen atoms in total. The van der Waals surface area contributed by atoms with Crippen LogP contribution in [-0.2, 0) is 5.41 Å². The highest BCUT2D eigenvalue weighted by molar-refractivity contribution is 7.99. The monoisotopic (exact) mass is 538 g/mol. The molecule has 0 fully saturated rings. The second-order valence-corrected chi connectivity index (χ2v) is 12.5. The summed E-state index contributed by atoms with van der Waals surface area (Å²) in [5.41, 5.74) is 11.8. The lowest BCUT2D eigenvalue weighted by Gasteiger charge is -2.30. The summed E-state index contributed by atoms with van der Waals surface area (Å²) in [5, 5.41) is 5.32. The Balaban J connectivity index is 1.27. The zero-order chi connectivity index (χ0) is 27.1. The Labute approximate surface area is 244 Å². The van der Waals surface area contributed by atoms with Gasteiger partial charge in [-0.15, -0.1) is 0 Å². The van der Waals surface area contributed by atoms with Gasteiger partial charge in [-0.3, -0.25) is 0 Å². The molecule has 1 atom stereocenters. The SMILES string of the molecule is CC1(c2ccccc2)c2cc(-c3ccc4c(c3)-c3cccc5cccc(c35)S4)ccc2-c2ccc3ccccc3c21. The predicted molar refractivity (Wildman–Crippen MR) is 174 cm³/mol. The number of fused-ring (bicyclic) bond motifs is 7.